The second kappa shape index (κ2) is 4.22. The maximum Gasteiger partial charge on any atom is 0.326 e. The van der Waals surface area contributed by atoms with Crippen molar-refractivity contribution in [3.8, 4) is 0 Å². The summed E-state index contributed by atoms with van der Waals surface area (Å²) in [4.78, 5) is 25.6. The van der Waals surface area contributed by atoms with Gasteiger partial charge in [-0.3, -0.25) is 4.79 Å². The quantitative estimate of drug-likeness (QED) is 0.863. The van der Waals surface area contributed by atoms with Crippen LogP contribution in [0.15, 0.2) is 0 Å². The first-order valence-electron chi connectivity index (χ1n) is 7.75. The fourth-order valence-electron chi connectivity index (χ4n) is 5.69. The summed E-state index contributed by atoms with van der Waals surface area (Å²) < 4.78 is 0. The second-order valence-electron chi connectivity index (χ2n) is 7.98. The van der Waals surface area contributed by atoms with Crippen molar-refractivity contribution in [2.45, 2.75) is 58.4 Å². The molecule has 20 heavy (non-hydrogen) atoms. The monoisotopic (exact) mass is 279 g/mol. The van der Waals surface area contributed by atoms with Crippen molar-refractivity contribution in [1.82, 2.24) is 4.90 Å². The Morgan fingerprint density at radius 1 is 1.20 bits per heavy atom. The van der Waals surface area contributed by atoms with Crippen molar-refractivity contribution in [3.05, 3.63) is 0 Å². The fourth-order valence-corrected chi connectivity index (χ4v) is 5.69. The zero-order valence-electron chi connectivity index (χ0n) is 12.7. The van der Waals surface area contributed by atoms with Crippen LogP contribution in [-0.2, 0) is 9.59 Å². The molecule has 3 unspecified atom stereocenters. The Kier molecular flexibility index (Phi) is 2.93. The predicted octanol–water partition coefficient (Wildman–Crippen LogP) is 2.52. The Labute approximate surface area is 120 Å². The highest BCUT2D eigenvalue weighted by atomic mass is 16.4. The molecule has 4 saturated carbocycles. The lowest BCUT2D eigenvalue weighted by molar-refractivity contribution is -0.170. The third-order valence-corrected chi connectivity index (χ3v) is 6.07. The van der Waals surface area contributed by atoms with Gasteiger partial charge in [0.05, 0.1) is 5.41 Å². The molecule has 4 fully saturated rings. The molecule has 4 heteroatoms. The highest BCUT2D eigenvalue weighted by Crippen LogP contribution is 2.65. The minimum Gasteiger partial charge on any atom is -0.480 e. The third-order valence-electron chi connectivity index (χ3n) is 6.07. The molecule has 0 radical (unpaired) electrons. The Morgan fingerprint density at radius 2 is 1.75 bits per heavy atom. The fraction of sp³-hybridized carbons (Fsp3) is 0.875. The largest absolute Gasteiger partial charge is 0.480 e. The third kappa shape index (κ3) is 1.95. The molecule has 0 aromatic heterocycles. The van der Waals surface area contributed by atoms with Crippen LogP contribution < -0.4 is 0 Å². The smallest absolute Gasteiger partial charge is 0.326 e. The summed E-state index contributed by atoms with van der Waals surface area (Å²) in [5.74, 6) is 0.516. The van der Waals surface area contributed by atoms with E-state index in [1.54, 1.807) is 14.0 Å². The molecule has 1 N–H and O–H groups in total. The first-order chi connectivity index (χ1) is 9.25. The summed E-state index contributed by atoms with van der Waals surface area (Å²) in [5, 5.41) is 9.14. The Hall–Kier alpha value is -1.06. The van der Waals surface area contributed by atoms with Crippen LogP contribution in [0.5, 0.6) is 0 Å². The van der Waals surface area contributed by atoms with E-state index in [-0.39, 0.29) is 11.3 Å². The molecule has 4 nitrogen and oxygen atoms in total. The lowest BCUT2D eigenvalue weighted by atomic mass is 9.44. The molecule has 3 atom stereocenters. The number of amides is 1. The van der Waals surface area contributed by atoms with Crippen molar-refractivity contribution >= 4 is 11.9 Å². The number of nitrogens with zero attached hydrogens (tertiary/aromatic N) is 1. The standard InChI is InChI=1S/C16H25NO3/c1-10(13(18)19)17(3)14(20)16-7-11-4-12(8-16)6-15(2,5-11)9-16/h10-12H,4-9H2,1-3H3,(H,18,19). The molecule has 4 aliphatic rings. The van der Waals surface area contributed by atoms with Crippen molar-refractivity contribution in [2.75, 3.05) is 7.05 Å². The summed E-state index contributed by atoms with van der Waals surface area (Å²) >= 11 is 0. The van der Waals surface area contributed by atoms with E-state index in [4.69, 9.17) is 5.11 Å². The van der Waals surface area contributed by atoms with E-state index in [2.05, 4.69) is 6.92 Å². The molecule has 0 aromatic carbocycles. The number of aliphatic carboxylic acids is 1. The number of carbonyl (C=O) groups is 2. The van der Waals surface area contributed by atoms with Gasteiger partial charge in [-0.1, -0.05) is 6.92 Å². The lowest BCUT2D eigenvalue weighted by Crippen LogP contribution is -2.58. The van der Waals surface area contributed by atoms with Gasteiger partial charge >= 0.3 is 5.97 Å². The molecule has 0 aromatic rings. The molecular formula is C16H25NO3. The number of likely N-dealkylation sites (N-methyl/N-ethyl adjacent to an activating group) is 1. The molecule has 112 valence electrons. The Morgan fingerprint density at radius 3 is 2.20 bits per heavy atom. The first-order valence-corrected chi connectivity index (χ1v) is 7.75. The van der Waals surface area contributed by atoms with Gasteiger partial charge < -0.3 is 10.0 Å². The van der Waals surface area contributed by atoms with Gasteiger partial charge in [0.1, 0.15) is 6.04 Å². The minimum absolute atomic E-state index is 0.0766. The predicted molar refractivity (Wildman–Crippen MR) is 75.1 cm³/mol. The number of rotatable bonds is 3. The maximum atomic E-state index is 12.9. The van der Waals surface area contributed by atoms with Gasteiger partial charge in [-0.2, -0.15) is 0 Å². The first kappa shape index (κ1) is 13.9. The molecule has 4 aliphatic carbocycles. The molecule has 0 heterocycles. The van der Waals surface area contributed by atoms with Crippen LogP contribution in [0.1, 0.15) is 52.4 Å². The highest BCUT2D eigenvalue weighted by Gasteiger charge is 2.59. The van der Waals surface area contributed by atoms with E-state index in [0.717, 1.165) is 19.3 Å². The van der Waals surface area contributed by atoms with Gasteiger partial charge in [-0.05, 0) is 62.7 Å². The minimum atomic E-state index is -0.920. The molecule has 4 bridgehead atoms. The van der Waals surface area contributed by atoms with Crippen molar-refractivity contribution in [2.24, 2.45) is 22.7 Å². The maximum absolute atomic E-state index is 12.9. The zero-order valence-corrected chi connectivity index (χ0v) is 12.7. The second-order valence-corrected chi connectivity index (χ2v) is 7.98. The van der Waals surface area contributed by atoms with Crippen LogP contribution in [0.2, 0.25) is 0 Å². The normalized spacial score (nSPS) is 43.4. The average molecular weight is 279 g/mol. The van der Waals surface area contributed by atoms with Crippen LogP contribution in [0.3, 0.4) is 0 Å². The van der Waals surface area contributed by atoms with Gasteiger partial charge in [0.15, 0.2) is 0 Å². The van der Waals surface area contributed by atoms with Crippen LogP contribution in [0, 0.1) is 22.7 Å². The Bertz CT molecular complexity index is 445. The number of carboxylic acids is 1. The number of hydrogen-bond acceptors (Lipinski definition) is 2. The number of carbonyl (C=O) groups excluding carboxylic acids is 1. The van der Waals surface area contributed by atoms with E-state index < -0.39 is 12.0 Å². The summed E-state index contributed by atoms with van der Waals surface area (Å²) in [6.07, 6.45) is 6.72. The van der Waals surface area contributed by atoms with Crippen LogP contribution in [0.4, 0.5) is 0 Å². The van der Waals surface area contributed by atoms with Crippen molar-refractivity contribution in [3.63, 3.8) is 0 Å². The zero-order chi connectivity index (χ0) is 14.7. The number of carboxylic acid groups (broad SMARTS) is 1. The van der Waals surface area contributed by atoms with Crippen molar-refractivity contribution in [1.29, 1.82) is 0 Å². The highest BCUT2D eigenvalue weighted by molar-refractivity contribution is 5.87. The van der Waals surface area contributed by atoms with E-state index >= 15 is 0 Å². The van der Waals surface area contributed by atoms with Gasteiger partial charge in [-0.15, -0.1) is 0 Å². The van der Waals surface area contributed by atoms with Gasteiger partial charge in [-0.25, -0.2) is 4.79 Å². The molecule has 1 amide bonds. The van der Waals surface area contributed by atoms with Crippen molar-refractivity contribution < 1.29 is 14.7 Å². The molecule has 4 rings (SSSR count). The van der Waals surface area contributed by atoms with Gasteiger partial charge in [0, 0.05) is 7.05 Å². The van der Waals surface area contributed by atoms with Gasteiger partial charge in [0.25, 0.3) is 0 Å². The van der Waals surface area contributed by atoms with Crippen LogP contribution >= 0.6 is 0 Å². The SMILES string of the molecule is CC(C(=O)O)N(C)C(=O)C12CC3CC(CC(C)(C3)C1)C2. The summed E-state index contributed by atoms with van der Waals surface area (Å²) in [5.41, 5.74) is 0.0460. The van der Waals surface area contributed by atoms with Crippen LogP contribution in [0.25, 0.3) is 0 Å². The molecular weight excluding hydrogens is 254 g/mol. The topological polar surface area (TPSA) is 57.6 Å². The van der Waals surface area contributed by atoms with Crippen LogP contribution in [-0.4, -0.2) is 35.0 Å². The molecule has 0 aliphatic heterocycles. The summed E-state index contributed by atoms with van der Waals surface area (Å²) in [7, 11) is 1.65. The molecule has 0 spiro atoms. The van der Waals surface area contributed by atoms with E-state index in [0.29, 0.717) is 17.3 Å². The van der Waals surface area contributed by atoms with E-state index in [1.165, 1.54) is 24.2 Å². The number of hydrogen-bond donors (Lipinski definition) is 1. The average Bonchev–Trinajstić information content (AvgIpc) is 2.32. The Balaban J connectivity index is 1.86. The van der Waals surface area contributed by atoms with E-state index in [9.17, 15) is 9.59 Å². The summed E-state index contributed by atoms with van der Waals surface area (Å²) in [6.45, 7) is 3.93. The lowest BCUT2D eigenvalue weighted by Gasteiger charge is -2.61. The van der Waals surface area contributed by atoms with E-state index in [1.807, 2.05) is 0 Å². The summed E-state index contributed by atoms with van der Waals surface area (Å²) in [6, 6.07) is -0.733. The van der Waals surface area contributed by atoms with Gasteiger partial charge in [0.2, 0.25) is 5.91 Å². The molecule has 0 saturated heterocycles.